The lowest BCUT2D eigenvalue weighted by atomic mass is 10.1. The fraction of sp³-hybridized carbons (Fsp3) is 0.300. The molecule has 13 heteroatoms. The van der Waals surface area contributed by atoms with E-state index in [1.54, 1.807) is 13.8 Å². The number of nitrogens with one attached hydrogen (secondary N) is 1. The summed E-state index contributed by atoms with van der Waals surface area (Å²) >= 11 is 5.96. The van der Waals surface area contributed by atoms with Gasteiger partial charge in [-0.05, 0) is 59.8 Å². The highest BCUT2D eigenvalue weighted by Gasteiger charge is 2.33. The summed E-state index contributed by atoms with van der Waals surface area (Å²) in [6, 6.07) is 5.28. The maximum absolute atomic E-state index is 12.9. The summed E-state index contributed by atoms with van der Waals surface area (Å²) in [6.45, 7) is 4.78. The molecule has 1 atom stereocenters. The summed E-state index contributed by atoms with van der Waals surface area (Å²) in [7, 11) is -2.73. The third kappa shape index (κ3) is 6.80. The number of alkyl halides is 3. The predicted molar refractivity (Wildman–Crippen MR) is 116 cm³/mol. The molecule has 33 heavy (non-hydrogen) atoms. The number of rotatable bonds is 9. The van der Waals surface area contributed by atoms with Gasteiger partial charge in [-0.2, -0.15) is 13.2 Å². The Labute approximate surface area is 193 Å². The molecule has 2 rings (SSSR count). The highest BCUT2D eigenvalue weighted by Crippen LogP contribution is 2.39. The van der Waals surface area contributed by atoms with Gasteiger partial charge in [0.1, 0.15) is 17.2 Å². The van der Waals surface area contributed by atoms with Gasteiger partial charge in [0.05, 0.1) is 17.2 Å². The van der Waals surface area contributed by atoms with Crippen LogP contribution in [0.15, 0.2) is 35.5 Å². The van der Waals surface area contributed by atoms with Crippen molar-refractivity contribution in [3.8, 4) is 11.5 Å². The lowest BCUT2D eigenvalue weighted by molar-refractivity contribution is -0.137. The number of carbonyl (C=O) groups is 1. The average Bonchev–Trinajstić information content (AvgIpc) is 2.77. The molecule has 0 aliphatic carbocycles. The number of anilines is 1. The number of halogens is 4. The van der Waals surface area contributed by atoms with Crippen LogP contribution in [0.1, 0.15) is 31.9 Å². The molecule has 0 heterocycles. The van der Waals surface area contributed by atoms with E-state index in [4.69, 9.17) is 25.7 Å². The highest BCUT2D eigenvalue weighted by atomic mass is 35.5. The molecule has 0 saturated carbocycles. The van der Waals surface area contributed by atoms with Crippen molar-refractivity contribution >= 4 is 42.3 Å². The van der Waals surface area contributed by atoms with E-state index in [-0.39, 0.29) is 39.8 Å². The van der Waals surface area contributed by atoms with Crippen molar-refractivity contribution in [3.63, 3.8) is 0 Å². The lowest BCUT2D eigenvalue weighted by Crippen LogP contribution is -2.14. The normalized spacial score (nSPS) is 12.2. The summed E-state index contributed by atoms with van der Waals surface area (Å²) < 4.78 is 66.6. The number of oxime groups is 1. The molecular weight excluding hydrogens is 488 g/mol. The molecule has 0 aliphatic rings. The molecule has 0 saturated heterocycles. The highest BCUT2D eigenvalue weighted by molar-refractivity contribution is 7.48. The number of ether oxygens (including phenoxy) is 2. The van der Waals surface area contributed by atoms with Gasteiger partial charge >= 0.3 is 20.2 Å². The fourth-order valence-corrected chi connectivity index (χ4v) is 3.56. The van der Waals surface area contributed by atoms with E-state index in [2.05, 4.69) is 5.16 Å². The molecule has 178 valence electrons. The summed E-state index contributed by atoms with van der Waals surface area (Å²) in [5.74, 6) is -0.711. The molecule has 2 aromatic rings. The Balaban J connectivity index is 2.39. The Bertz CT molecular complexity index is 1080. The van der Waals surface area contributed by atoms with Crippen LogP contribution in [0.3, 0.4) is 0 Å². The first-order valence-electron chi connectivity index (χ1n) is 9.49. The largest absolute Gasteiger partial charge is 0.623 e. The van der Waals surface area contributed by atoms with Crippen molar-refractivity contribution in [2.24, 2.45) is 5.16 Å². The Morgan fingerprint density at radius 3 is 2.45 bits per heavy atom. The Morgan fingerprint density at radius 2 is 1.91 bits per heavy atom. The van der Waals surface area contributed by atoms with Crippen LogP contribution in [0.5, 0.6) is 11.5 Å². The molecule has 0 bridgehead atoms. The maximum atomic E-state index is 12.9. The van der Waals surface area contributed by atoms with Gasteiger partial charge in [0.2, 0.25) is 0 Å². The van der Waals surface area contributed by atoms with Gasteiger partial charge in [-0.15, -0.1) is 4.62 Å². The van der Waals surface area contributed by atoms with Crippen LogP contribution in [0, 0.1) is 0 Å². The van der Waals surface area contributed by atoms with Gasteiger partial charge in [0.25, 0.3) is 5.30 Å². The minimum absolute atomic E-state index is 0.0165. The number of esters is 1. The molecule has 2 N–H and O–H groups in total. The lowest BCUT2D eigenvalue weighted by Gasteiger charge is -2.14. The van der Waals surface area contributed by atoms with Crippen LogP contribution in [0.2, 0.25) is 5.02 Å². The summed E-state index contributed by atoms with van der Waals surface area (Å²) in [5.41, 5.74) is 1.30. The average molecular weight is 508 g/mol. The molecule has 8 nitrogen and oxygen atoms in total. The van der Waals surface area contributed by atoms with Crippen LogP contribution in [-0.4, -0.2) is 23.5 Å². The fourth-order valence-electron chi connectivity index (χ4n) is 2.52. The number of benzene rings is 2. The van der Waals surface area contributed by atoms with E-state index in [9.17, 15) is 27.7 Å². The molecule has 0 radical (unpaired) electrons. The third-order valence-electron chi connectivity index (χ3n) is 4.18. The van der Waals surface area contributed by atoms with Crippen molar-refractivity contribution in [1.82, 2.24) is 0 Å². The van der Waals surface area contributed by atoms with E-state index in [0.29, 0.717) is 12.0 Å². The monoisotopic (exact) mass is 507 g/mol. The minimum atomic E-state index is -4.57. The molecule has 1 unspecified atom stereocenters. The van der Waals surface area contributed by atoms with Crippen molar-refractivity contribution in [3.05, 3.63) is 46.5 Å². The van der Waals surface area contributed by atoms with E-state index in [1.165, 1.54) is 19.1 Å². The van der Waals surface area contributed by atoms with Crippen molar-refractivity contribution in [1.29, 1.82) is 0 Å². The second-order valence-electron chi connectivity index (χ2n) is 6.42. The number of aryl methyl sites for hydroxylation is 1. The van der Waals surface area contributed by atoms with Crippen molar-refractivity contribution in [2.75, 3.05) is 12.1 Å². The van der Waals surface area contributed by atoms with E-state index >= 15 is 0 Å². The predicted octanol–water partition coefficient (Wildman–Crippen LogP) is 5.84. The zero-order chi connectivity index (χ0) is 24.8. The second kappa shape index (κ2) is 11.3. The zero-order valence-electron chi connectivity index (χ0n) is 17.7. The molecule has 0 aromatic heterocycles. The minimum Gasteiger partial charge on any atom is -0.461 e. The quantitative estimate of drug-likeness (QED) is 0.190. The van der Waals surface area contributed by atoms with E-state index in [0.717, 1.165) is 18.2 Å². The SMILES string of the molecule is CCOC(=O)C(C)=NO[P+](=O)c1cc(Oc2ccc(C(F)(F)F)cc2Cl)c(CC)cc1NO. The van der Waals surface area contributed by atoms with Gasteiger partial charge in [-0.1, -0.05) is 18.5 Å². The Kier molecular flexibility index (Phi) is 9.04. The second-order valence-corrected chi connectivity index (χ2v) is 7.99. The van der Waals surface area contributed by atoms with Crippen molar-refractivity contribution < 1.29 is 41.8 Å². The van der Waals surface area contributed by atoms with Crippen LogP contribution < -0.4 is 15.5 Å². The molecule has 2 aromatic carbocycles. The molecule has 0 spiro atoms. The summed E-state index contributed by atoms with van der Waals surface area (Å²) in [5, 5.41) is 12.6. The van der Waals surface area contributed by atoms with Gasteiger partial charge in [0, 0.05) is 6.07 Å². The van der Waals surface area contributed by atoms with Crippen LogP contribution in [0.4, 0.5) is 18.9 Å². The number of carbonyl (C=O) groups excluding carboxylic acids is 1. The Hall–Kier alpha value is -2.88. The smallest absolute Gasteiger partial charge is 0.461 e. The molecule has 0 fully saturated rings. The van der Waals surface area contributed by atoms with E-state index < -0.39 is 25.7 Å². The van der Waals surface area contributed by atoms with Gasteiger partial charge in [-0.25, -0.2) is 4.79 Å². The standard InChI is InChI=1S/C20H20ClF3N2O6P/c1-4-12-8-15(25-28)18(33(29)32-26-11(3)19(27)30-5-2)10-17(12)31-16-7-6-13(9-14(16)21)20(22,23)24/h6-10,25,28H,4-5H2,1-3H3/q+1. The zero-order valence-corrected chi connectivity index (χ0v) is 19.3. The first kappa shape index (κ1) is 26.4. The van der Waals surface area contributed by atoms with Crippen LogP contribution >= 0.6 is 19.6 Å². The maximum Gasteiger partial charge on any atom is 0.623 e. The van der Waals surface area contributed by atoms with E-state index in [1.807, 2.05) is 5.48 Å². The van der Waals surface area contributed by atoms with Crippen LogP contribution in [0.25, 0.3) is 0 Å². The number of hydrogen-bond donors (Lipinski definition) is 2. The topological polar surface area (TPSA) is 106 Å². The third-order valence-corrected chi connectivity index (χ3v) is 5.47. The van der Waals surface area contributed by atoms with Gasteiger partial charge in [-0.3, -0.25) is 10.7 Å². The van der Waals surface area contributed by atoms with Crippen molar-refractivity contribution in [2.45, 2.75) is 33.4 Å². The molecular formula is C20H20ClF3N2O6P+. The number of hydrogen-bond acceptors (Lipinski definition) is 8. The number of nitrogens with zero attached hydrogens (tertiary/aromatic N) is 1. The van der Waals surface area contributed by atoms with Crippen LogP contribution in [-0.2, 0) is 31.3 Å². The first-order valence-corrected chi connectivity index (χ1v) is 11.0. The Morgan fingerprint density at radius 1 is 1.21 bits per heavy atom. The molecule has 0 amide bonds. The summed E-state index contributed by atoms with van der Waals surface area (Å²) in [6.07, 6.45) is -4.18. The first-order chi connectivity index (χ1) is 15.5. The van der Waals surface area contributed by atoms with Gasteiger partial charge < -0.3 is 9.47 Å². The van der Waals surface area contributed by atoms with Gasteiger partial charge in [0.15, 0.2) is 5.71 Å². The molecule has 0 aliphatic heterocycles. The summed E-state index contributed by atoms with van der Waals surface area (Å²) in [4.78, 5) is 11.6.